The highest BCUT2D eigenvalue weighted by Crippen LogP contribution is 2.53. The molecule has 2 saturated carbocycles. The molecule has 4 heterocycles. The fourth-order valence-electron chi connectivity index (χ4n) is 9.38. The fraction of sp³-hybridized carbons (Fsp3) is 0.375. The van der Waals surface area contributed by atoms with Crippen molar-refractivity contribution >= 4 is 44.4 Å². The predicted octanol–water partition coefficient (Wildman–Crippen LogP) is 7.89. The molecule has 8 rings (SSSR count). The number of carbonyl (C=O) groups excluding carboxylic acids is 1. The molecule has 10 heteroatoms. The first-order valence-electron chi connectivity index (χ1n) is 17.6. The predicted molar refractivity (Wildman–Crippen MR) is 197 cm³/mol. The van der Waals surface area contributed by atoms with Crippen LogP contribution in [-0.4, -0.2) is 38.1 Å². The van der Waals surface area contributed by atoms with Crippen molar-refractivity contribution in [3.8, 4) is 11.1 Å². The lowest BCUT2D eigenvalue weighted by atomic mass is 9.57. The van der Waals surface area contributed by atoms with Crippen molar-refractivity contribution in [1.82, 2.24) is 14.5 Å². The van der Waals surface area contributed by atoms with E-state index in [9.17, 15) is 19.5 Å². The molecule has 2 aromatic carbocycles. The number of aromatic nitrogens is 3. The molecule has 0 radical (unpaired) electrons. The Morgan fingerprint density at radius 2 is 1.76 bits per heavy atom. The van der Waals surface area contributed by atoms with Gasteiger partial charge in [0.25, 0.3) is 11.5 Å². The van der Waals surface area contributed by atoms with Gasteiger partial charge in [0.15, 0.2) is 10.8 Å². The van der Waals surface area contributed by atoms with E-state index in [1.54, 1.807) is 18.2 Å². The third-order valence-corrected chi connectivity index (χ3v) is 11.9. The Morgan fingerprint density at radius 1 is 0.960 bits per heavy atom. The smallest absolute Gasteiger partial charge is 0.355 e. The Labute approximate surface area is 295 Å². The minimum atomic E-state index is -1.13. The largest absolute Gasteiger partial charge is 0.476 e. The van der Waals surface area contributed by atoms with Crippen LogP contribution in [0.2, 0.25) is 0 Å². The number of aromatic carboxylic acids is 1. The molecule has 5 aromatic rings. The second-order valence-corrected chi connectivity index (χ2v) is 16.0. The first-order chi connectivity index (χ1) is 24.1. The van der Waals surface area contributed by atoms with Crippen LogP contribution in [0.25, 0.3) is 21.3 Å². The molecule has 256 valence electrons. The number of fused-ring (bicyclic) bond motifs is 4. The summed E-state index contributed by atoms with van der Waals surface area (Å²) in [4.78, 5) is 50.7. The molecule has 3 aromatic heterocycles. The number of nitrogens with one attached hydrogen (secondary N) is 1. The topological polar surface area (TPSA) is 117 Å². The summed E-state index contributed by atoms with van der Waals surface area (Å²) < 4.78 is 2.81. The molecule has 2 fully saturated rings. The highest BCUT2D eigenvalue weighted by molar-refractivity contribution is 7.22. The molecule has 1 amide bonds. The summed E-state index contributed by atoms with van der Waals surface area (Å²) >= 11 is 1.43. The van der Waals surface area contributed by atoms with Gasteiger partial charge >= 0.3 is 5.97 Å². The molecule has 1 aliphatic heterocycles. The molecule has 2 unspecified atom stereocenters. The van der Waals surface area contributed by atoms with Crippen molar-refractivity contribution < 1.29 is 14.7 Å². The molecule has 0 spiro atoms. The second-order valence-electron chi connectivity index (χ2n) is 15.0. The van der Waals surface area contributed by atoms with E-state index in [1.807, 2.05) is 64.2 Å². The molecule has 9 nitrogen and oxygen atoms in total. The molecule has 2 bridgehead atoms. The van der Waals surface area contributed by atoms with Crippen LogP contribution in [0.3, 0.4) is 0 Å². The van der Waals surface area contributed by atoms with Crippen LogP contribution in [0.4, 0.5) is 10.9 Å². The number of benzene rings is 2. The number of hydrogen-bond acceptors (Lipinski definition) is 7. The zero-order valence-electron chi connectivity index (χ0n) is 28.4. The number of nitrogens with zero attached hydrogens (tertiary/aromatic N) is 4. The van der Waals surface area contributed by atoms with Crippen molar-refractivity contribution in [2.24, 2.45) is 23.2 Å². The van der Waals surface area contributed by atoms with Crippen LogP contribution in [0, 0.1) is 23.2 Å². The number of carboxylic acid groups (broad SMARTS) is 1. The minimum Gasteiger partial charge on any atom is -0.476 e. The summed E-state index contributed by atoms with van der Waals surface area (Å²) in [6.07, 6.45) is 8.44. The van der Waals surface area contributed by atoms with Crippen molar-refractivity contribution in [1.29, 1.82) is 0 Å². The van der Waals surface area contributed by atoms with E-state index < -0.39 is 5.97 Å². The second kappa shape index (κ2) is 12.8. The van der Waals surface area contributed by atoms with Gasteiger partial charge in [0.1, 0.15) is 5.82 Å². The number of anilines is 2. The van der Waals surface area contributed by atoms with Gasteiger partial charge in [-0.2, -0.15) is 0 Å². The lowest BCUT2D eigenvalue weighted by Gasteiger charge is -2.50. The molecule has 50 heavy (non-hydrogen) atoms. The monoisotopic (exact) mass is 687 g/mol. The maximum Gasteiger partial charge on any atom is 0.355 e. The number of amides is 1. The van der Waals surface area contributed by atoms with Gasteiger partial charge in [-0.15, -0.1) is 0 Å². The van der Waals surface area contributed by atoms with Gasteiger partial charge in [0.05, 0.1) is 10.2 Å². The van der Waals surface area contributed by atoms with Crippen molar-refractivity contribution in [2.45, 2.75) is 65.5 Å². The third-order valence-electron chi connectivity index (χ3n) is 11.0. The number of para-hydroxylation sites is 1. The summed E-state index contributed by atoms with van der Waals surface area (Å²) in [5.41, 5.74) is 4.50. The van der Waals surface area contributed by atoms with E-state index in [0.717, 1.165) is 40.6 Å². The van der Waals surface area contributed by atoms with E-state index in [2.05, 4.69) is 29.1 Å². The standard InChI is InChI=1S/C40H41N5O4S/c1-24-16-26-17-25(2)19-40(18-24,20-26)23-45-21-28(10-13-35(45)46)29-11-12-34(42-36(29)38(48)49)44-15-14-27-6-5-7-30(31(27)22-44)37(47)43-39-41-32-8-3-4-9-33(32)50-39/h3-13,21,24-26H,14-20,22-23H2,1-2H3,(H,48,49)(H,41,43,47). The van der Waals surface area contributed by atoms with Crippen LogP contribution >= 0.6 is 11.3 Å². The number of carbonyl (C=O) groups is 2. The average Bonchev–Trinajstić information content (AvgIpc) is 3.50. The quantitative estimate of drug-likeness (QED) is 0.179. The van der Waals surface area contributed by atoms with Crippen molar-refractivity contribution in [2.75, 3.05) is 16.8 Å². The van der Waals surface area contributed by atoms with Crippen LogP contribution in [0.15, 0.2) is 77.7 Å². The third kappa shape index (κ3) is 6.21. The maximum atomic E-state index is 13.5. The molecule has 0 saturated heterocycles. The van der Waals surface area contributed by atoms with E-state index in [-0.39, 0.29) is 22.6 Å². The van der Waals surface area contributed by atoms with Gasteiger partial charge in [-0.3, -0.25) is 14.9 Å². The number of hydrogen-bond donors (Lipinski definition) is 2. The molecule has 2 atom stereocenters. The van der Waals surface area contributed by atoms with Gasteiger partial charge in [0.2, 0.25) is 0 Å². The molecule has 2 N–H and O–H groups in total. The summed E-state index contributed by atoms with van der Waals surface area (Å²) in [5, 5.41) is 13.9. The number of rotatable bonds is 7. The van der Waals surface area contributed by atoms with E-state index in [1.165, 1.54) is 24.2 Å². The Balaban J connectivity index is 1.06. The fourth-order valence-corrected chi connectivity index (χ4v) is 10.2. The Morgan fingerprint density at radius 3 is 2.54 bits per heavy atom. The van der Waals surface area contributed by atoms with E-state index in [0.29, 0.717) is 71.4 Å². The van der Waals surface area contributed by atoms with Gasteiger partial charge < -0.3 is 14.6 Å². The van der Waals surface area contributed by atoms with Crippen molar-refractivity contribution in [3.63, 3.8) is 0 Å². The van der Waals surface area contributed by atoms with Crippen molar-refractivity contribution in [3.05, 3.63) is 106 Å². The zero-order chi connectivity index (χ0) is 34.6. The van der Waals surface area contributed by atoms with Gasteiger partial charge in [-0.05, 0) is 109 Å². The van der Waals surface area contributed by atoms with Gasteiger partial charge in [-0.1, -0.05) is 49.4 Å². The highest BCUT2D eigenvalue weighted by atomic mass is 32.1. The highest BCUT2D eigenvalue weighted by Gasteiger charge is 2.44. The molecular formula is C40H41N5O4S. The summed E-state index contributed by atoms with van der Waals surface area (Å²) in [7, 11) is 0. The average molecular weight is 688 g/mol. The lowest BCUT2D eigenvalue weighted by Crippen LogP contribution is -2.43. The van der Waals surface area contributed by atoms with Crippen LogP contribution in [-0.2, 0) is 19.5 Å². The van der Waals surface area contributed by atoms with E-state index in [4.69, 9.17) is 0 Å². The first-order valence-corrected chi connectivity index (χ1v) is 18.4. The van der Waals surface area contributed by atoms with E-state index >= 15 is 0 Å². The van der Waals surface area contributed by atoms with Gasteiger partial charge in [0, 0.05) is 48.6 Å². The van der Waals surface area contributed by atoms with Gasteiger partial charge in [-0.25, -0.2) is 14.8 Å². The Bertz CT molecular complexity index is 2140. The Hall–Kier alpha value is -4.83. The Kier molecular flexibility index (Phi) is 8.29. The first kappa shape index (κ1) is 32.4. The summed E-state index contributed by atoms with van der Waals surface area (Å²) in [5.74, 6) is 1.17. The van der Waals surface area contributed by atoms with Crippen LogP contribution in [0.5, 0.6) is 0 Å². The molecule has 2 aliphatic carbocycles. The van der Waals surface area contributed by atoms with Crippen LogP contribution < -0.4 is 15.8 Å². The maximum absolute atomic E-state index is 13.5. The zero-order valence-corrected chi connectivity index (χ0v) is 29.2. The summed E-state index contributed by atoms with van der Waals surface area (Å²) in [6, 6.07) is 20.5. The number of pyridine rings is 2. The number of thiazole rings is 1. The minimum absolute atomic E-state index is 0.0591. The molecule has 3 aliphatic rings. The SMILES string of the molecule is CC1CC2CC(C)CC(Cn3cc(-c4ccc(N5CCc6cccc(C(=O)Nc7nc8ccccc8s7)c6C5)nc4C(=O)O)ccc3=O)(C1)C2. The number of carboxylic acids is 1. The lowest BCUT2D eigenvalue weighted by molar-refractivity contribution is 0.00402. The van der Waals surface area contributed by atoms with Crippen LogP contribution in [0.1, 0.15) is 77.9 Å². The summed E-state index contributed by atoms with van der Waals surface area (Å²) in [6.45, 7) is 6.37. The normalized spacial score (nSPS) is 23.0. The molecular weight excluding hydrogens is 647 g/mol.